The van der Waals surface area contributed by atoms with E-state index in [9.17, 15) is 14.3 Å². The van der Waals surface area contributed by atoms with E-state index in [1.165, 1.54) is 23.9 Å². The minimum Gasteiger partial charge on any atom is -0.481 e. The summed E-state index contributed by atoms with van der Waals surface area (Å²) in [5.74, 6) is -0.569. The number of rotatable bonds is 5. The van der Waals surface area contributed by atoms with Crippen molar-refractivity contribution < 1.29 is 14.3 Å². The molecule has 0 aliphatic carbocycles. The normalized spacial score (nSPS) is 15.9. The summed E-state index contributed by atoms with van der Waals surface area (Å²) in [6.45, 7) is 0. The molecule has 0 radical (unpaired) electrons. The van der Waals surface area contributed by atoms with Gasteiger partial charge in [-0.25, -0.2) is 4.39 Å². The summed E-state index contributed by atoms with van der Waals surface area (Å²) < 4.78 is 14.8. The second-order valence-corrected chi connectivity index (χ2v) is 7.24. The average molecular weight is 382 g/mol. The van der Waals surface area contributed by atoms with E-state index in [0.717, 1.165) is 11.1 Å². The van der Waals surface area contributed by atoms with Crippen LogP contribution in [0.1, 0.15) is 23.4 Å². The topological polar surface area (TPSA) is 80.4 Å². The van der Waals surface area contributed by atoms with Gasteiger partial charge in [-0.05, 0) is 23.3 Å². The van der Waals surface area contributed by atoms with Crippen molar-refractivity contribution in [2.75, 3.05) is 0 Å². The summed E-state index contributed by atoms with van der Waals surface area (Å²) >= 11 is 1.34. The number of thioether (sulfide) groups is 1. The van der Waals surface area contributed by atoms with Crippen LogP contribution < -0.4 is 0 Å². The summed E-state index contributed by atoms with van der Waals surface area (Å²) in [5, 5.41) is 22.5. The van der Waals surface area contributed by atoms with Gasteiger partial charge in [-0.2, -0.15) is 9.78 Å². The molecule has 3 aromatic rings. The zero-order chi connectivity index (χ0) is 18.8. The van der Waals surface area contributed by atoms with E-state index in [1.54, 1.807) is 16.8 Å². The summed E-state index contributed by atoms with van der Waals surface area (Å²) in [6, 6.07) is 15.7. The van der Waals surface area contributed by atoms with Crippen LogP contribution in [-0.2, 0) is 11.2 Å². The fraction of sp³-hybridized carbons (Fsp3) is 0.158. The molecule has 0 unspecified atom stereocenters. The van der Waals surface area contributed by atoms with Gasteiger partial charge in [0.25, 0.3) is 0 Å². The lowest BCUT2D eigenvalue weighted by Gasteiger charge is -2.22. The van der Waals surface area contributed by atoms with Gasteiger partial charge < -0.3 is 5.11 Å². The van der Waals surface area contributed by atoms with Crippen LogP contribution in [0.5, 0.6) is 0 Å². The van der Waals surface area contributed by atoms with E-state index in [1.807, 2.05) is 30.3 Å². The van der Waals surface area contributed by atoms with Crippen molar-refractivity contribution >= 4 is 23.4 Å². The van der Waals surface area contributed by atoms with Crippen LogP contribution >= 0.6 is 11.8 Å². The number of carboxylic acids is 1. The maximum Gasteiger partial charge on any atom is 0.304 e. The maximum atomic E-state index is 13.1. The van der Waals surface area contributed by atoms with Gasteiger partial charge in [0.05, 0.1) is 17.4 Å². The van der Waals surface area contributed by atoms with Crippen LogP contribution in [0.2, 0.25) is 0 Å². The molecule has 136 valence electrons. The molecule has 0 amide bonds. The van der Waals surface area contributed by atoms with Crippen LogP contribution in [0.3, 0.4) is 0 Å². The monoisotopic (exact) mass is 382 g/mol. The first-order chi connectivity index (χ1) is 13.1. The van der Waals surface area contributed by atoms with E-state index < -0.39 is 5.97 Å². The van der Waals surface area contributed by atoms with Crippen molar-refractivity contribution in [2.45, 2.75) is 23.2 Å². The van der Waals surface area contributed by atoms with Gasteiger partial charge in [0.15, 0.2) is 5.82 Å². The van der Waals surface area contributed by atoms with Crippen LogP contribution in [0.15, 0.2) is 64.9 Å². The molecule has 0 spiro atoms. The Morgan fingerprint density at radius 1 is 1.11 bits per heavy atom. The van der Waals surface area contributed by atoms with Crippen LogP contribution in [0, 0.1) is 5.82 Å². The predicted molar refractivity (Wildman–Crippen MR) is 99.5 cm³/mol. The SMILES string of the molecule is O=C(O)C[C@H]1Sc2nnc(Cc3ccc(F)cc3)n2N=C1c1ccccc1. The lowest BCUT2D eigenvalue weighted by Crippen LogP contribution is -2.27. The van der Waals surface area contributed by atoms with E-state index >= 15 is 0 Å². The Labute approximate surface area is 158 Å². The first-order valence-corrected chi connectivity index (χ1v) is 9.19. The van der Waals surface area contributed by atoms with E-state index in [-0.39, 0.29) is 17.5 Å². The van der Waals surface area contributed by atoms with Gasteiger partial charge in [0.1, 0.15) is 5.82 Å². The van der Waals surface area contributed by atoms with Gasteiger partial charge in [-0.15, -0.1) is 10.2 Å². The summed E-state index contributed by atoms with van der Waals surface area (Å²) in [4.78, 5) is 11.3. The van der Waals surface area contributed by atoms with Crippen molar-refractivity contribution in [3.8, 4) is 0 Å². The molecule has 1 aliphatic heterocycles. The highest BCUT2D eigenvalue weighted by molar-refractivity contribution is 8.00. The van der Waals surface area contributed by atoms with Crippen molar-refractivity contribution in [3.05, 3.63) is 77.4 Å². The van der Waals surface area contributed by atoms with Crippen molar-refractivity contribution in [1.29, 1.82) is 0 Å². The van der Waals surface area contributed by atoms with Gasteiger partial charge in [-0.1, -0.05) is 54.2 Å². The standard InChI is InChI=1S/C19H15FN4O2S/c20-14-8-6-12(7-9-14)10-16-21-22-19-24(16)23-18(13-4-2-1-3-5-13)15(27-19)11-17(25)26/h1-9,15H,10-11H2,(H,25,26)/t15-/m1/s1. The number of hydrogen-bond acceptors (Lipinski definition) is 5. The second kappa shape index (κ2) is 7.32. The molecule has 2 heterocycles. The Hall–Kier alpha value is -3.00. The van der Waals surface area contributed by atoms with E-state index in [0.29, 0.717) is 23.1 Å². The fourth-order valence-electron chi connectivity index (χ4n) is 2.87. The molecule has 6 nitrogen and oxygen atoms in total. The maximum absolute atomic E-state index is 13.1. The van der Waals surface area contributed by atoms with Gasteiger partial charge in [0.2, 0.25) is 5.16 Å². The third kappa shape index (κ3) is 3.75. The lowest BCUT2D eigenvalue weighted by molar-refractivity contribution is -0.136. The number of nitrogens with zero attached hydrogens (tertiary/aromatic N) is 4. The molecule has 0 saturated carbocycles. The number of aliphatic carboxylic acids is 1. The summed E-state index contributed by atoms with van der Waals surface area (Å²) in [5.41, 5.74) is 2.43. The highest BCUT2D eigenvalue weighted by Gasteiger charge is 2.30. The molecule has 8 heteroatoms. The molecule has 4 rings (SSSR count). The zero-order valence-electron chi connectivity index (χ0n) is 14.1. The Kier molecular flexibility index (Phi) is 4.72. The smallest absolute Gasteiger partial charge is 0.304 e. The Bertz CT molecular complexity index is 1000. The average Bonchev–Trinajstić information content (AvgIpc) is 3.05. The van der Waals surface area contributed by atoms with Crippen LogP contribution in [-0.4, -0.2) is 36.9 Å². The van der Waals surface area contributed by atoms with Gasteiger partial charge >= 0.3 is 5.97 Å². The Morgan fingerprint density at radius 2 is 1.85 bits per heavy atom. The van der Waals surface area contributed by atoms with Crippen LogP contribution in [0.25, 0.3) is 0 Å². The molecule has 1 N–H and O–H groups in total. The Balaban J connectivity index is 1.72. The molecular formula is C19H15FN4O2S. The molecule has 27 heavy (non-hydrogen) atoms. The number of benzene rings is 2. The number of halogens is 1. The number of fused-ring (bicyclic) bond motifs is 1. The quantitative estimate of drug-likeness (QED) is 0.733. The molecule has 0 bridgehead atoms. The second-order valence-electron chi connectivity index (χ2n) is 6.07. The number of hydrogen-bond donors (Lipinski definition) is 1. The van der Waals surface area contributed by atoms with Gasteiger partial charge in [-0.3, -0.25) is 4.79 Å². The zero-order valence-corrected chi connectivity index (χ0v) is 14.9. The van der Waals surface area contributed by atoms with Crippen molar-refractivity contribution in [2.24, 2.45) is 5.10 Å². The predicted octanol–water partition coefficient (Wildman–Crippen LogP) is 3.21. The minimum absolute atomic E-state index is 0.0570. The largest absolute Gasteiger partial charge is 0.481 e. The lowest BCUT2D eigenvalue weighted by atomic mass is 10.1. The first kappa shape index (κ1) is 17.4. The molecular weight excluding hydrogens is 367 g/mol. The molecule has 1 atom stereocenters. The highest BCUT2D eigenvalue weighted by Crippen LogP contribution is 2.32. The van der Waals surface area contributed by atoms with Crippen LogP contribution in [0.4, 0.5) is 4.39 Å². The summed E-state index contributed by atoms with van der Waals surface area (Å²) in [6.07, 6.45) is 0.390. The third-order valence-electron chi connectivity index (χ3n) is 4.14. The van der Waals surface area contributed by atoms with E-state index in [2.05, 4.69) is 15.3 Å². The third-order valence-corrected chi connectivity index (χ3v) is 5.28. The molecule has 2 aromatic carbocycles. The molecule has 1 aromatic heterocycles. The number of carbonyl (C=O) groups is 1. The van der Waals surface area contributed by atoms with Crippen molar-refractivity contribution in [3.63, 3.8) is 0 Å². The fourth-order valence-corrected chi connectivity index (χ4v) is 3.98. The highest BCUT2D eigenvalue weighted by atomic mass is 32.2. The summed E-state index contributed by atoms with van der Waals surface area (Å²) in [7, 11) is 0. The first-order valence-electron chi connectivity index (χ1n) is 8.31. The molecule has 1 aliphatic rings. The Morgan fingerprint density at radius 3 is 2.56 bits per heavy atom. The molecule has 0 fully saturated rings. The number of aromatic nitrogens is 3. The number of carboxylic acid groups (broad SMARTS) is 1. The van der Waals surface area contributed by atoms with Gasteiger partial charge in [0, 0.05) is 6.42 Å². The molecule has 0 saturated heterocycles. The van der Waals surface area contributed by atoms with Crippen molar-refractivity contribution in [1.82, 2.24) is 14.9 Å². The minimum atomic E-state index is -0.893. The van der Waals surface area contributed by atoms with E-state index in [4.69, 9.17) is 0 Å².